The maximum absolute atomic E-state index is 5.36. The topological polar surface area (TPSA) is 99.1 Å². The fourth-order valence-electron chi connectivity index (χ4n) is 1.26. The molecule has 17 heavy (non-hydrogen) atoms. The molecule has 0 aliphatic heterocycles. The number of nitrogens with two attached hydrogens (primary N) is 1. The number of nitrogens with zero attached hydrogens (tertiary/aromatic N) is 3. The Hall–Kier alpha value is -2.15. The Bertz CT molecular complexity index is 485. The van der Waals surface area contributed by atoms with Crippen LogP contribution in [0.5, 0.6) is 5.88 Å². The van der Waals surface area contributed by atoms with Crippen molar-refractivity contribution in [3.8, 4) is 5.88 Å². The van der Waals surface area contributed by atoms with Gasteiger partial charge in [-0.2, -0.15) is 0 Å². The minimum atomic E-state index is 0.234. The first-order valence-corrected chi connectivity index (χ1v) is 5.07. The van der Waals surface area contributed by atoms with Crippen molar-refractivity contribution in [2.75, 3.05) is 12.4 Å². The lowest BCUT2D eigenvalue weighted by Crippen LogP contribution is -2.00. The van der Waals surface area contributed by atoms with Crippen LogP contribution in [0.25, 0.3) is 0 Å². The van der Waals surface area contributed by atoms with Gasteiger partial charge in [0.15, 0.2) is 0 Å². The van der Waals surface area contributed by atoms with E-state index in [4.69, 9.17) is 14.9 Å². The van der Waals surface area contributed by atoms with E-state index in [1.165, 1.54) is 0 Å². The first-order valence-electron chi connectivity index (χ1n) is 5.07. The summed E-state index contributed by atoms with van der Waals surface area (Å²) in [4.78, 5) is 4.01. The molecule has 0 amide bonds. The van der Waals surface area contributed by atoms with E-state index >= 15 is 0 Å². The molecule has 0 saturated carbocycles. The van der Waals surface area contributed by atoms with Crippen molar-refractivity contribution in [3.63, 3.8) is 0 Å². The van der Waals surface area contributed by atoms with Crippen LogP contribution in [0.1, 0.15) is 11.5 Å². The van der Waals surface area contributed by atoms with E-state index in [9.17, 15) is 0 Å². The highest BCUT2D eigenvalue weighted by Gasteiger charge is 2.04. The largest absolute Gasteiger partial charge is 0.481 e. The summed E-state index contributed by atoms with van der Waals surface area (Å²) < 4.78 is 10.2. The first kappa shape index (κ1) is 11.3. The number of pyridine rings is 1. The lowest BCUT2D eigenvalue weighted by molar-refractivity contribution is 0.397. The quantitative estimate of drug-likeness (QED) is 0.780. The van der Waals surface area contributed by atoms with Gasteiger partial charge in [-0.05, 0) is 11.6 Å². The first-order chi connectivity index (χ1) is 8.31. The third kappa shape index (κ3) is 2.91. The van der Waals surface area contributed by atoms with Gasteiger partial charge in [0.2, 0.25) is 11.8 Å². The van der Waals surface area contributed by atoms with Crippen molar-refractivity contribution in [2.24, 2.45) is 5.73 Å². The molecule has 0 unspecified atom stereocenters. The minimum Gasteiger partial charge on any atom is -0.481 e. The molecule has 0 bridgehead atoms. The highest BCUT2D eigenvalue weighted by Crippen LogP contribution is 2.11. The molecule has 3 N–H and O–H groups in total. The molecule has 0 radical (unpaired) electrons. The molecule has 90 valence electrons. The van der Waals surface area contributed by atoms with Gasteiger partial charge in [-0.15, -0.1) is 5.10 Å². The summed E-state index contributed by atoms with van der Waals surface area (Å²) in [6.07, 6.45) is 1.68. The molecule has 7 heteroatoms. The second kappa shape index (κ2) is 5.26. The number of ether oxygens (including phenoxy) is 1. The summed E-state index contributed by atoms with van der Waals surface area (Å²) in [5, 5.41) is 10.5. The van der Waals surface area contributed by atoms with E-state index < -0.39 is 0 Å². The van der Waals surface area contributed by atoms with E-state index in [0.29, 0.717) is 24.3 Å². The highest BCUT2D eigenvalue weighted by molar-refractivity contribution is 5.26. The number of rotatable bonds is 5. The molecule has 7 nitrogen and oxygen atoms in total. The van der Waals surface area contributed by atoms with E-state index in [1.807, 2.05) is 12.1 Å². The van der Waals surface area contributed by atoms with Crippen LogP contribution in [0.2, 0.25) is 0 Å². The molecule has 0 aliphatic carbocycles. The maximum atomic E-state index is 5.36. The zero-order chi connectivity index (χ0) is 12.1. The number of aromatic nitrogens is 3. The van der Waals surface area contributed by atoms with Crippen LogP contribution in [0.4, 0.5) is 6.01 Å². The van der Waals surface area contributed by atoms with Crippen molar-refractivity contribution in [3.05, 3.63) is 29.8 Å². The standard InChI is InChI=1S/C10H13N5O2/c1-16-8-4-7(2-3-12-8)6-13-10-15-14-9(5-11)17-10/h2-4H,5-6,11H2,1H3,(H,13,15). The average Bonchev–Trinajstić information content (AvgIpc) is 2.84. The molecular formula is C10H13N5O2. The Morgan fingerprint density at radius 2 is 2.35 bits per heavy atom. The third-order valence-corrected chi connectivity index (χ3v) is 2.09. The van der Waals surface area contributed by atoms with Gasteiger partial charge in [0, 0.05) is 18.8 Å². The molecule has 0 saturated heterocycles. The summed E-state index contributed by atoms with van der Waals surface area (Å²) >= 11 is 0. The van der Waals surface area contributed by atoms with Crippen molar-refractivity contribution < 1.29 is 9.15 Å². The average molecular weight is 235 g/mol. The van der Waals surface area contributed by atoms with Gasteiger partial charge in [0.1, 0.15) is 0 Å². The summed E-state index contributed by atoms with van der Waals surface area (Å²) in [5.74, 6) is 0.970. The number of nitrogens with one attached hydrogen (secondary N) is 1. The van der Waals surface area contributed by atoms with Crippen LogP contribution in [-0.2, 0) is 13.1 Å². The normalized spacial score (nSPS) is 10.2. The molecule has 0 aromatic carbocycles. The molecule has 2 aromatic rings. The summed E-state index contributed by atoms with van der Waals surface area (Å²) in [6, 6.07) is 4.05. The fourth-order valence-corrected chi connectivity index (χ4v) is 1.26. The lowest BCUT2D eigenvalue weighted by atomic mass is 10.2. The predicted molar refractivity (Wildman–Crippen MR) is 60.3 cm³/mol. The maximum Gasteiger partial charge on any atom is 0.315 e. The Morgan fingerprint density at radius 1 is 1.47 bits per heavy atom. The number of hydrogen-bond donors (Lipinski definition) is 2. The van der Waals surface area contributed by atoms with E-state index in [2.05, 4.69) is 20.5 Å². The summed E-state index contributed by atoms with van der Waals surface area (Å²) in [6.45, 7) is 0.781. The van der Waals surface area contributed by atoms with Gasteiger partial charge in [-0.25, -0.2) is 4.98 Å². The van der Waals surface area contributed by atoms with Crippen LogP contribution >= 0.6 is 0 Å². The van der Waals surface area contributed by atoms with E-state index in [-0.39, 0.29) is 6.54 Å². The van der Waals surface area contributed by atoms with Crippen molar-refractivity contribution in [1.82, 2.24) is 15.2 Å². The van der Waals surface area contributed by atoms with E-state index in [1.54, 1.807) is 13.3 Å². The second-order valence-electron chi connectivity index (χ2n) is 3.27. The summed E-state index contributed by atoms with van der Waals surface area (Å²) in [5.41, 5.74) is 6.36. The molecular weight excluding hydrogens is 222 g/mol. The zero-order valence-electron chi connectivity index (χ0n) is 9.38. The van der Waals surface area contributed by atoms with Crippen LogP contribution < -0.4 is 15.8 Å². The zero-order valence-corrected chi connectivity index (χ0v) is 9.38. The molecule has 2 heterocycles. The van der Waals surface area contributed by atoms with Gasteiger partial charge in [0.25, 0.3) is 0 Å². The molecule has 2 rings (SSSR count). The molecule has 2 aromatic heterocycles. The number of anilines is 1. The van der Waals surface area contributed by atoms with Gasteiger partial charge in [-0.1, -0.05) is 5.10 Å². The minimum absolute atomic E-state index is 0.234. The van der Waals surface area contributed by atoms with Gasteiger partial charge < -0.3 is 20.2 Å². The van der Waals surface area contributed by atoms with Crippen molar-refractivity contribution >= 4 is 6.01 Å². The Balaban J connectivity index is 1.96. The van der Waals surface area contributed by atoms with Crippen LogP contribution in [0.15, 0.2) is 22.7 Å². The van der Waals surface area contributed by atoms with Crippen LogP contribution in [0.3, 0.4) is 0 Å². The van der Waals surface area contributed by atoms with Gasteiger partial charge >= 0.3 is 6.01 Å². The van der Waals surface area contributed by atoms with Crippen molar-refractivity contribution in [2.45, 2.75) is 13.1 Å². The SMILES string of the molecule is COc1cc(CNc2nnc(CN)o2)ccn1. The van der Waals surface area contributed by atoms with Crippen LogP contribution in [0, 0.1) is 0 Å². The molecule has 0 fully saturated rings. The lowest BCUT2D eigenvalue weighted by Gasteiger charge is -2.03. The number of hydrogen-bond acceptors (Lipinski definition) is 7. The Kier molecular flexibility index (Phi) is 3.51. The Labute approximate surface area is 98.0 Å². The molecule has 0 atom stereocenters. The monoisotopic (exact) mass is 235 g/mol. The molecule has 0 spiro atoms. The summed E-state index contributed by atoms with van der Waals surface area (Å²) in [7, 11) is 1.57. The highest BCUT2D eigenvalue weighted by atomic mass is 16.5. The predicted octanol–water partition coefficient (Wildman–Crippen LogP) is 0.544. The van der Waals surface area contributed by atoms with Crippen LogP contribution in [-0.4, -0.2) is 22.3 Å². The van der Waals surface area contributed by atoms with Gasteiger partial charge in [0.05, 0.1) is 13.7 Å². The van der Waals surface area contributed by atoms with E-state index in [0.717, 1.165) is 5.56 Å². The smallest absolute Gasteiger partial charge is 0.315 e. The molecule has 0 aliphatic rings. The number of methoxy groups -OCH3 is 1. The van der Waals surface area contributed by atoms with Crippen molar-refractivity contribution in [1.29, 1.82) is 0 Å². The fraction of sp³-hybridized carbons (Fsp3) is 0.300. The van der Waals surface area contributed by atoms with Gasteiger partial charge in [-0.3, -0.25) is 0 Å². The Morgan fingerprint density at radius 3 is 3.06 bits per heavy atom. The third-order valence-electron chi connectivity index (χ3n) is 2.09. The second-order valence-corrected chi connectivity index (χ2v) is 3.27.